The second-order valence-electron chi connectivity index (χ2n) is 9.83. The molecule has 2 heterocycles. The van der Waals surface area contributed by atoms with Gasteiger partial charge in [-0.05, 0) is 62.1 Å². The van der Waals surface area contributed by atoms with Crippen LogP contribution in [0.5, 0.6) is 11.5 Å². The molecule has 0 radical (unpaired) electrons. The van der Waals surface area contributed by atoms with Gasteiger partial charge in [0.25, 0.3) is 0 Å². The molecule has 206 valence electrons. The van der Waals surface area contributed by atoms with Crippen molar-refractivity contribution in [2.75, 3.05) is 75.7 Å². The molecule has 2 aliphatic rings. The number of ether oxygens (including phenoxy) is 2. The van der Waals surface area contributed by atoms with Gasteiger partial charge in [-0.1, -0.05) is 0 Å². The summed E-state index contributed by atoms with van der Waals surface area (Å²) in [4.78, 5) is 9.39. The number of rotatable bonds is 15. The Morgan fingerprint density at radius 2 is 0.895 bits per heavy atom. The van der Waals surface area contributed by atoms with E-state index in [1.165, 1.54) is 12.8 Å². The molecule has 2 aromatic carbocycles. The number of anilines is 4. The van der Waals surface area contributed by atoms with Gasteiger partial charge in [-0.15, -0.1) is 0 Å². The van der Waals surface area contributed by atoms with Gasteiger partial charge in [0.05, 0.1) is 37.9 Å². The van der Waals surface area contributed by atoms with E-state index in [0.29, 0.717) is 47.5 Å². The zero-order valence-electron chi connectivity index (χ0n) is 22.2. The molecule has 0 amide bonds. The summed E-state index contributed by atoms with van der Waals surface area (Å²) >= 11 is 0. The van der Waals surface area contributed by atoms with Gasteiger partial charge in [-0.2, -0.15) is 0 Å². The smallest absolute Gasteiger partial charge is 0.142 e. The van der Waals surface area contributed by atoms with E-state index in [2.05, 4.69) is 44.4 Å². The molecule has 38 heavy (non-hydrogen) atoms. The van der Waals surface area contributed by atoms with Gasteiger partial charge in [0.15, 0.2) is 0 Å². The fourth-order valence-electron chi connectivity index (χ4n) is 4.54. The van der Waals surface area contributed by atoms with Gasteiger partial charge < -0.3 is 52.0 Å². The maximum Gasteiger partial charge on any atom is 0.142 e. The summed E-state index contributed by atoms with van der Waals surface area (Å²) < 4.78 is 11.6. The lowest BCUT2D eigenvalue weighted by Gasteiger charge is -2.23. The highest BCUT2D eigenvalue weighted by molar-refractivity contribution is 5.61. The van der Waals surface area contributed by atoms with E-state index < -0.39 is 0 Å². The Balaban J connectivity index is 0.997. The fraction of sp³-hybridized carbons (Fsp3) is 0.429. The van der Waals surface area contributed by atoms with E-state index in [0.717, 1.165) is 52.4 Å². The molecular formula is C28H42N8O2. The lowest BCUT2D eigenvalue weighted by atomic mass is 10.2. The highest BCUT2D eigenvalue weighted by atomic mass is 16.5. The minimum atomic E-state index is 0.584. The number of nitrogen functional groups attached to an aromatic ring is 4. The molecule has 0 aromatic heterocycles. The molecule has 0 unspecified atom stereocenters. The Bertz CT molecular complexity index is 1010. The van der Waals surface area contributed by atoms with Crippen LogP contribution in [0.4, 0.5) is 22.7 Å². The van der Waals surface area contributed by atoms with Crippen LogP contribution in [0.2, 0.25) is 0 Å². The quantitative estimate of drug-likeness (QED) is 0.204. The Kier molecular flexibility index (Phi) is 9.55. The third-order valence-corrected chi connectivity index (χ3v) is 6.61. The average Bonchev–Trinajstić information content (AvgIpc) is 3.54. The number of benzene rings is 2. The van der Waals surface area contributed by atoms with E-state index in [9.17, 15) is 0 Å². The molecule has 0 atom stereocenters. The van der Waals surface area contributed by atoms with E-state index in [1.807, 2.05) is 12.1 Å². The van der Waals surface area contributed by atoms with Crippen LogP contribution in [0.25, 0.3) is 0 Å². The maximum atomic E-state index is 5.95. The molecule has 0 saturated heterocycles. The first kappa shape index (κ1) is 27.0. The summed E-state index contributed by atoms with van der Waals surface area (Å²) in [5.41, 5.74) is 25.8. The highest BCUT2D eigenvalue weighted by Gasteiger charge is 2.14. The van der Waals surface area contributed by atoms with Crippen molar-refractivity contribution in [1.29, 1.82) is 0 Å². The van der Waals surface area contributed by atoms with Crippen LogP contribution in [0.3, 0.4) is 0 Å². The molecule has 8 N–H and O–H groups in total. The van der Waals surface area contributed by atoms with Gasteiger partial charge in [-0.25, -0.2) is 0 Å². The molecular weight excluding hydrogens is 480 g/mol. The topological polar surface area (TPSA) is 136 Å². The molecule has 0 fully saturated rings. The van der Waals surface area contributed by atoms with Crippen molar-refractivity contribution in [3.8, 4) is 11.5 Å². The Morgan fingerprint density at radius 1 is 0.526 bits per heavy atom. The van der Waals surface area contributed by atoms with Crippen molar-refractivity contribution in [1.82, 2.24) is 19.6 Å². The number of hydrogen-bond acceptors (Lipinski definition) is 10. The predicted molar refractivity (Wildman–Crippen MR) is 155 cm³/mol. The number of unbranched alkanes of at least 4 members (excludes halogenated alkanes) is 1. The molecule has 10 heteroatoms. The molecule has 4 rings (SSSR count). The van der Waals surface area contributed by atoms with Crippen molar-refractivity contribution < 1.29 is 9.47 Å². The van der Waals surface area contributed by atoms with Crippen LogP contribution in [-0.4, -0.2) is 72.3 Å². The Morgan fingerprint density at radius 3 is 1.26 bits per heavy atom. The summed E-state index contributed by atoms with van der Waals surface area (Å²) in [6.07, 6.45) is 12.9. The minimum Gasteiger partial charge on any atom is -0.491 e. The van der Waals surface area contributed by atoms with Crippen molar-refractivity contribution in [2.45, 2.75) is 25.7 Å². The monoisotopic (exact) mass is 522 g/mol. The molecule has 0 saturated carbocycles. The van der Waals surface area contributed by atoms with E-state index in [-0.39, 0.29) is 0 Å². The summed E-state index contributed by atoms with van der Waals surface area (Å²) in [7, 11) is 0. The first-order valence-corrected chi connectivity index (χ1v) is 13.3. The van der Waals surface area contributed by atoms with Crippen molar-refractivity contribution >= 4 is 22.7 Å². The van der Waals surface area contributed by atoms with Gasteiger partial charge in [0, 0.05) is 62.4 Å². The van der Waals surface area contributed by atoms with Crippen LogP contribution < -0.4 is 32.4 Å². The third-order valence-electron chi connectivity index (χ3n) is 6.61. The largest absolute Gasteiger partial charge is 0.491 e. The standard InChI is InChI=1S/C28H42N8O2/c29-23-5-7-27(25(31)19-23)37-17-3-11-35-15-13-33(21-35)9-1-2-10-34-14-16-36(22-34)12-4-18-38-28-8-6-24(30)20-26(28)32/h5-8,13-16,19-20H,1-4,9-12,17-18,21-22,29-32H2. The molecule has 0 spiro atoms. The Hall–Kier alpha value is -4.08. The average molecular weight is 523 g/mol. The summed E-state index contributed by atoms with van der Waals surface area (Å²) in [5, 5.41) is 0. The van der Waals surface area contributed by atoms with Gasteiger partial charge >= 0.3 is 0 Å². The highest BCUT2D eigenvalue weighted by Crippen LogP contribution is 2.24. The molecule has 0 aliphatic carbocycles. The van der Waals surface area contributed by atoms with Crippen molar-refractivity contribution in [3.63, 3.8) is 0 Å². The van der Waals surface area contributed by atoms with Crippen molar-refractivity contribution in [2.24, 2.45) is 0 Å². The van der Waals surface area contributed by atoms with Gasteiger partial charge in [0.2, 0.25) is 0 Å². The van der Waals surface area contributed by atoms with Gasteiger partial charge in [-0.3, -0.25) is 0 Å². The number of nitrogens with two attached hydrogens (primary N) is 4. The normalized spacial score (nSPS) is 14.6. The van der Waals surface area contributed by atoms with Crippen LogP contribution in [-0.2, 0) is 0 Å². The zero-order chi connectivity index (χ0) is 26.7. The second kappa shape index (κ2) is 13.5. The summed E-state index contributed by atoms with van der Waals surface area (Å²) in [6.45, 7) is 7.17. The first-order chi connectivity index (χ1) is 18.5. The molecule has 10 nitrogen and oxygen atoms in total. The van der Waals surface area contributed by atoms with E-state index in [4.69, 9.17) is 32.4 Å². The third kappa shape index (κ3) is 8.22. The molecule has 0 bridgehead atoms. The van der Waals surface area contributed by atoms with Gasteiger partial charge in [0.1, 0.15) is 11.5 Å². The fourth-order valence-corrected chi connectivity index (χ4v) is 4.54. The second-order valence-corrected chi connectivity index (χ2v) is 9.83. The first-order valence-electron chi connectivity index (χ1n) is 13.3. The Labute approximate surface area is 226 Å². The maximum absolute atomic E-state index is 5.95. The molecule has 2 aliphatic heterocycles. The van der Waals surface area contributed by atoms with Crippen LogP contribution >= 0.6 is 0 Å². The predicted octanol–water partition coefficient (Wildman–Crippen LogP) is 3.13. The lowest BCUT2D eigenvalue weighted by molar-refractivity contribution is 0.225. The summed E-state index contributed by atoms with van der Waals surface area (Å²) in [6, 6.07) is 10.7. The molecule has 2 aromatic rings. The van der Waals surface area contributed by atoms with Crippen molar-refractivity contribution in [3.05, 3.63) is 61.2 Å². The lowest BCUT2D eigenvalue weighted by Crippen LogP contribution is -2.29. The SMILES string of the molecule is Nc1ccc(OCCCN2C=CN(CCCCN3C=CN(CCCOc4ccc(N)cc4N)C3)C2)c(N)c1. The zero-order valence-corrected chi connectivity index (χ0v) is 22.2. The number of nitrogens with zero attached hydrogens (tertiary/aromatic N) is 4. The van der Waals surface area contributed by atoms with E-state index >= 15 is 0 Å². The van der Waals surface area contributed by atoms with E-state index in [1.54, 1.807) is 24.3 Å². The minimum absolute atomic E-state index is 0.584. The van der Waals surface area contributed by atoms with Crippen LogP contribution in [0.1, 0.15) is 25.7 Å². The summed E-state index contributed by atoms with van der Waals surface area (Å²) in [5.74, 6) is 1.39. The van der Waals surface area contributed by atoms with Crippen LogP contribution in [0, 0.1) is 0 Å². The van der Waals surface area contributed by atoms with Crippen LogP contribution in [0.15, 0.2) is 61.2 Å². The number of hydrogen-bond donors (Lipinski definition) is 4.